The summed E-state index contributed by atoms with van der Waals surface area (Å²) in [6.07, 6.45) is 1.20. The van der Waals surface area contributed by atoms with Gasteiger partial charge in [0.05, 0.1) is 11.4 Å². The lowest BCUT2D eigenvalue weighted by atomic mass is 9.93. The van der Waals surface area contributed by atoms with Gasteiger partial charge >= 0.3 is 0 Å². The highest BCUT2D eigenvalue weighted by Crippen LogP contribution is 2.33. The predicted octanol–water partition coefficient (Wildman–Crippen LogP) is 3.35. The third kappa shape index (κ3) is 2.31. The molecule has 0 spiro atoms. The standard InChI is InChI=1S/C14H22N2/c1-4-9-16-11-14(2,3)10-15-12-7-5-6-8-13(12)16/h5-8,15H,4,9-11H2,1-3H3. The molecule has 0 radical (unpaired) electrons. The van der Waals surface area contributed by atoms with Crippen LogP contribution < -0.4 is 10.2 Å². The molecule has 88 valence electrons. The van der Waals surface area contributed by atoms with E-state index < -0.39 is 0 Å². The molecule has 1 aromatic carbocycles. The Morgan fingerprint density at radius 3 is 2.81 bits per heavy atom. The van der Waals surface area contributed by atoms with Crippen LogP contribution in [-0.2, 0) is 0 Å². The number of fused-ring (bicyclic) bond motifs is 1. The van der Waals surface area contributed by atoms with E-state index in [1.165, 1.54) is 17.8 Å². The lowest BCUT2D eigenvalue weighted by Crippen LogP contribution is -2.36. The van der Waals surface area contributed by atoms with Gasteiger partial charge in [0.2, 0.25) is 0 Å². The van der Waals surface area contributed by atoms with Gasteiger partial charge in [-0.3, -0.25) is 0 Å². The topological polar surface area (TPSA) is 15.3 Å². The van der Waals surface area contributed by atoms with Crippen molar-refractivity contribution in [3.8, 4) is 0 Å². The molecule has 0 saturated heterocycles. The molecule has 0 amide bonds. The van der Waals surface area contributed by atoms with Crippen LogP contribution in [0.3, 0.4) is 0 Å². The zero-order chi connectivity index (χ0) is 11.6. The first-order chi connectivity index (χ1) is 7.62. The van der Waals surface area contributed by atoms with Crippen LogP contribution in [0.25, 0.3) is 0 Å². The molecule has 2 nitrogen and oxygen atoms in total. The largest absolute Gasteiger partial charge is 0.383 e. The number of nitrogens with zero attached hydrogens (tertiary/aromatic N) is 1. The minimum atomic E-state index is 0.328. The summed E-state index contributed by atoms with van der Waals surface area (Å²) >= 11 is 0. The van der Waals surface area contributed by atoms with E-state index in [1.807, 2.05) is 0 Å². The summed E-state index contributed by atoms with van der Waals surface area (Å²) in [5.74, 6) is 0. The van der Waals surface area contributed by atoms with Crippen LogP contribution in [0.4, 0.5) is 11.4 Å². The maximum atomic E-state index is 3.56. The van der Waals surface area contributed by atoms with E-state index in [1.54, 1.807) is 0 Å². The highest BCUT2D eigenvalue weighted by atomic mass is 15.2. The summed E-state index contributed by atoms with van der Waals surface area (Å²) in [5.41, 5.74) is 2.96. The molecule has 1 aliphatic heterocycles. The van der Waals surface area contributed by atoms with Crippen molar-refractivity contribution < 1.29 is 0 Å². The number of nitrogens with one attached hydrogen (secondary N) is 1. The second-order valence-corrected chi connectivity index (χ2v) is 5.46. The lowest BCUT2D eigenvalue weighted by Gasteiger charge is -2.30. The fourth-order valence-corrected chi connectivity index (χ4v) is 2.36. The van der Waals surface area contributed by atoms with Crippen LogP contribution in [0.5, 0.6) is 0 Å². The Kier molecular flexibility index (Phi) is 3.08. The second-order valence-electron chi connectivity index (χ2n) is 5.46. The molecular formula is C14H22N2. The quantitative estimate of drug-likeness (QED) is 0.819. The van der Waals surface area contributed by atoms with E-state index in [0.717, 1.165) is 19.6 Å². The molecule has 2 heteroatoms. The van der Waals surface area contributed by atoms with Crippen LogP contribution in [0.15, 0.2) is 24.3 Å². The summed E-state index contributed by atoms with van der Waals surface area (Å²) in [4.78, 5) is 2.51. The van der Waals surface area contributed by atoms with Gasteiger partial charge in [-0.05, 0) is 24.0 Å². The predicted molar refractivity (Wildman–Crippen MR) is 71.2 cm³/mol. The number of rotatable bonds is 2. The van der Waals surface area contributed by atoms with Gasteiger partial charge < -0.3 is 10.2 Å². The van der Waals surface area contributed by atoms with E-state index in [4.69, 9.17) is 0 Å². The molecule has 1 N–H and O–H groups in total. The Bertz CT molecular complexity index is 358. The summed E-state index contributed by atoms with van der Waals surface area (Å²) in [5, 5.41) is 3.56. The maximum Gasteiger partial charge on any atom is 0.0602 e. The molecule has 0 bridgehead atoms. The van der Waals surface area contributed by atoms with Crippen molar-refractivity contribution in [1.29, 1.82) is 0 Å². The third-order valence-corrected chi connectivity index (χ3v) is 3.11. The average molecular weight is 218 g/mol. The Balaban J connectivity index is 2.33. The zero-order valence-corrected chi connectivity index (χ0v) is 10.6. The highest BCUT2D eigenvalue weighted by molar-refractivity contribution is 5.71. The minimum absolute atomic E-state index is 0.328. The fraction of sp³-hybridized carbons (Fsp3) is 0.571. The monoisotopic (exact) mass is 218 g/mol. The SMILES string of the molecule is CCCN1CC(C)(C)CNc2ccccc21. The molecule has 16 heavy (non-hydrogen) atoms. The van der Waals surface area contributed by atoms with Crippen molar-refractivity contribution in [2.45, 2.75) is 27.2 Å². The third-order valence-electron chi connectivity index (χ3n) is 3.11. The number of hydrogen-bond donors (Lipinski definition) is 1. The van der Waals surface area contributed by atoms with Crippen LogP contribution in [-0.4, -0.2) is 19.6 Å². The van der Waals surface area contributed by atoms with E-state index in [0.29, 0.717) is 5.41 Å². The minimum Gasteiger partial charge on any atom is -0.383 e. The molecule has 0 aliphatic carbocycles. The van der Waals surface area contributed by atoms with Crippen molar-refractivity contribution in [2.24, 2.45) is 5.41 Å². The van der Waals surface area contributed by atoms with Gasteiger partial charge in [-0.1, -0.05) is 32.9 Å². The van der Waals surface area contributed by atoms with Crippen LogP contribution in [0.1, 0.15) is 27.2 Å². The zero-order valence-electron chi connectivity index (χ0n) is 10.6. The summed E-state index contributed by atoms with van der Waals surface area (Å²) in [6.45, 7) is 10.2. The van der Waals surface area contributed by atoms with Crippen molar-refractivity contribution in [2.75, 3.05) is 29.9 Å². The number of benzene rings is 1. The Labute approximate surface area is 98.7 Å². The lowest BCUT2D eigenvalue weighted by molar-refractivity contribution is 0.395. The number of anilines is 2. The van der Waals surface area contributed by atoms with E-state index in [-0.39, 0.29) is 0 Å². The van der Waals surface area contributed by atoms with Crippen molar-refractivity contribution in [3.05, 3.63) is 24.3 Å². The Hall–Kier alpha value is -1.18. The van der Waals surface area contributed by atoms with Crippen LogP contribution in [0, 0.1) is 5.41 Å². The molecule has 2 rings (SSSR count). The first-order valence-corrected chi connectivity index (χ1v) is 6.20. The summed E-state index contributed by atoms with van der Waals surface area (Å²) in [6, 6.07) is 8.63. The first-order valence-electron chi connectivity index (χ1n) is 6.20. The van der Waals surface area contributed by atoms with Gasteiger partial charge in [0, 0.05) is 19.6 Å². The van der Waals surface area contributed by atoms with Gasteiger partial charge in [0.25, 0.3) is 0 Å². The van der Waals surface area contributed by atoms with Crippen molar-refractivity contribution in [1.82, 2.24) is 0 Å². The molecule has 0 aromatic heterocycles. The highest BCUT2D eigenvalue weighted by Gasteiger charge is 2.26. The molecule has 0 fully saturated rings. The average Bonchev–Trinajstić information content (AvgIpc) is 2.38. The van der Waals surface area contributed by atoms with Gasteiger partial charge in [-0.15, -0.1) is 0 Å². The maximum absolute atomic E-state index is 3.56. The van der Waals surface area contributed by atoms with Crippen molar-refractivity contribution >= 4 is 11.4 Å². The number of hydrogen-bond acceptors (Lipinski definition) is 2. The van der Waals surface area contributed by atoms with Crippen molar-refractivity contribution in [3.63, 3.8) is 0 Å². The van der Waals surface area contributed by atoms with Crippen LogP contribution in [0.2, 0.25) is 0 Å². The summed E-state index contributed by atoms with van der Waals surface area (Å²) in [7, 11) is 0. The van der Waals surface area contributed by atoms with Gasteiger partial charge in [0.15, 0.2) is 0 Å². The molecule has 1 aromatic rings. The molecule has 1 heterocycles. The molecule has 0 saturated carbocycles. The fourth-order valence-electron chi connectivity index (χ4n) is 2.36. The molecule has 0 unspecified atom stereocenters. The Morgan fingerprint density at radius 2 is 2.06 bits per heavy atom. The smallest absolute Gasteiger partial charge is 0.0602 e. The van der Waals surface area contributed by atoms with E-state index >= 15 is 0 Å². The Morgan fingerprint density at radius 1 is 1.31 bits per heavy atom. The molecular weight excluding hydrogens is 196 g/mol. The second kappa shape index (κ2) is 4.36. The van der Waals surface area contributed by atoms with E-state index in [2.05, 4.69) is 55.3 Å². The molecule has 1 aliphatic rings. The normalized spacial score (nSPS) is 18.6. The van der Waals surface area contributed by atoms with Gasteiger partial charge in [-0.2, -0.15) is 0 Å². The summed E-state index contributed by atoms with van der Waals surface area (Å²) < 4.78 is 0. The van der Waals surface area contributed by atoms with Gasteiger partial charge in [-0.25, -0.2) is 0 Å². The molecule has 0 atom stereocenters. The van der Waals surface area contributed by atoms with Gasteiger partial charge in [0.1, 0.15) is 0 Å². The van der Waals surface area contributed by atoms with Crippen LogP contribution >= 0.6 is 0 Å². The first kappa shape index (κ1) is 11.3. The number of para-hydroxylation sites is 2. The van der Waals surface area contributed by atoms with E-state index in [9.17, 15) is 0 Å².